The Morgan fingerprint density at radius 2 is 2.19 bits per heavy atom. The lowest BCUT2D eigenvalue weighted by molar-refractivity contribution is -0.122. The molecule has 2 heterocycles. The van der Waals surface area contributed by atoms with Crippen LogP contribution in [-0.4, -0.2) is 33.6 Å². The first-order chi connectivity index (χ1) is 7.65. The Morgan fingerprint density at radius 3 is 2.69 bits per heavy atom. The van der Waals surface area contributed by atoms with E-state index in [4.69, 9.17) is 0 Å². The number of piperidine rings is 1. The van der Waals surface area contributed by atoms with Crippen molar-refractivity contribution in [3.05, 3.63) is 18.0 Å². The fraction of sp³-hybridized carbons (Fsp3) is 0.667. The molecule has 0 aliphatic carbocycles. The zero-order valence-electron chi connectivity index (χ0n) is 10.0. The van der Waals surface area contributed by atoms with Crippen molar-refractivity contribution in [2.24, 2.45) is 5.92 Å². The molecule has 1 aromatic rings. The number of ketones is 1. The molecule has 88 valence electrons. The first-order valence-corrected chi connectivity index (χ1v) is 5.87. The average molecular weight is 221 g/mol. The van der Waals surface area contributed by atoms with Crippen LogP contribution in [0.25, 0.3) is 0 Å². The molecule has 0 aromatic carbocycles. The molecule has 4 heteroatoms. The summed E-state index contributed by atoms with van der Waals surface area (Å²) < 4.78 is 1.96. The SMILES string of the molecule is CC(=O)C1CCN(Cn2cc(C)cn2)CC1. The highest BCUT2D eigenvalue weighted by atomic mass is 16.1. The summed E-state index contributed by atoms with van der Waals surface area (Å²) in [5.74, 6) is 0.630. The molecular formula is C12H19N3O. The van der Waals surface area contributed by atoms with Gasteiger partial charge >= 0.3 is 0 Å². The maximum Gasteiger partial charge on any atom is 0.133 e. The smallest absolute Gasteiger partial charge is 0.133 e. The van der Waals surface area contributed by atoms with Crippen LogP contribution in [0.1, 0.15) is 25.3 Å². The van der Waals surface area contributed by atoms with E-state index in [0.717, 1.165) is 32.6 Å². The Balaban J connectivity index is 1.83. The summed E-state index contributed by atoms with van der Waals surface area (Å²) in [6.07, 6.45) is 5.92. The van der Waals surface area contributed by atoms with Crippen molar-refractivity contribution in [2.75, 3.05) is 13.1 Å². The number of rotatable bonds is 3. The summed E-state index contributed by atoms with van der Waals surface area (Å²) in [6.45, 7) is 6.60. The summed E-state index contributed by atoms with van der Waals surface area (Å²) in [4.78, 5) is 13.6. The molecule has 0 saturated carbocycles. The van der Waals surface area contributed by atoms with Crippen molar-refractivity contribution in [3.8, 4) is 0 Å². The number of likely N-dealkylation sites (tertiary alicyclic amines) is 1. The predicted octanol–water partition coefficient (Wildman–Crippen LogP) is 1.45. The maximum absolute atomic E-state index is 11.2. The molecular weight excluding hydrogens is 202 g/mol. The third-order valence-electron chi connectivity index (χ3n) is 3.27. The van der Waals surface area contributed by atoms with E-state index in [0.29, 0.717) is 5.78 Å². The lowest BCUT2D eigenvalue weighted by Crippen LogP contribution is -2.37. The number of carbonyl (C=O) groups excluding carboxylic acids is 1. The van der Waals surface area contributed by atoms with Crippen molar-refractivity contribution >= 4 is 5.78 Å². The molecule has 1 aliphatic heterocycles. The highest BCUT2D eigenvalue weighted by molar-refractivity contribution is 5.78. The van der Waals surface area contributed by atoms with E-state index in [-0.39, 0.29) is 5.92 Å². The molecule has 16 heavy (non-hydrogen) atoms. The van der Waals surface area contributed by atoms with Gasteiger partial charge in [-0.05, 0) is 32.3 Å². The fourth-order valence-corrected chi connectivity index (χ4v) is 2.23. The number of hydrogen-bond acceptors (Lipinski definition) is 3. The Bertz CT molecular complexity index is 364. The molecule has 0 N–H and O–H groups in total. The van der Waals surface area contributed by atoms with Crippen LogP contribution in [0.3, 0.4) is 0 Å². The molecule has 1 fully saturated rings. The van der Waals surface area contributed by atoms with Gasteiger partial charge in [-0.25, -0.2) is 0 Å². The molecule has 0 amide bonds. The van der Waals surface area contributed by atoms with Crippen LogP contribution >= 0.6 is 0 Å². The predicted molar refractivity (Wildman–Crippen MR) is 61.9 cm³/mol. The lowest BCUT2D eigenvalue weighted by Gasteiger charge is -2.30. The number of carbonyl (C=O) groups is 1. The van der Waals surface area contributed by atoms with Gasteiger partial charge in [0, 0.05) is 25.2 Å². The van der Waals surface area contributed by atoms with E-state index in [1.165, 1.54) is 5.56 Å². The third-order valence-corrected chi connectivity index (χ3v) is 3.27. The first kappa shape index (κ1) is 11.3. The highest BCUT2D eigenvalue weighted by Crippen LogP contribution is 2.18. The van der Waals surface area contributed by atoms with Crippen molar-refractivity contribution in [2.45, 2.75) is 33.4 Å². The molecule has 0 bridgehead atoms. The molecule has 1 aliphatic rings. The van der Waals surface area contributed by atoms with Gasteiger partial charge in [0.1, 0.15) is 5.78 Å². The Labute approximate surface area is 96.2 Å². The number of aromatic nitrogens is 2. The normalized spacial score (nSPS) is 18.9. The summed E-state index contributed by atoms with van der Waals surface area (Å²) in [5, 5.41) is 4.27. The van der Waals surface area contributed by atoms with Crippen LogP contribution < -0.4 is 0 Å². The highest BCUT2D eigenvalue weighted by Gasteiger charge is 2.22. The van der Waals surface area contributed by atoms with E-state index >= 15 is 0 Å². The summed E-state index contributed by atoms with van der Waals surface area (Å²) >= 11 is 0. The van der Waals surface area contributed by atoms with E-state index in [2.05, 4.69) is 16.2 Å². The van der Waals surface area contributed by atoms with Crippen molar-refractivity contribution in [1.82, 2.24) is 14.7 Å². The summed E-state index contributed by atoms with van der Waals surface area (Å²) in [7, 11) is 0. The first-order valence-electron chi connectivity index (χ1n) is 5.87. The van der Waals surface area contributed by atoms with Gasteiger partial charge in [0.05, 0.1) is 12.9 Å². The summed E-state index contributed by atoms with van der Waals surface area (Å²) in [6, 6.07) is 0. The zero-order valence-corrected chi connectivity index (χ0v) is 10.0. The van der Waals surface area contributed by atoms with Gasteiger partial charge in [-0.3, -0.25) is 14.4 Å². The van der Waals surface area contributed by atoms with Gasteiger partial charge in [-0.15, -0.1) is 0 Å². The molecule has 2 rings (SSSR count). The molecule has 0 spiro atoms. The Kier molecular flexibility index (Phi) is 3.39. The fourth-order valence-electron chi connectivity index (χ4n) is 2.23. The van der Waals surface area contributed by atoms with E-state index in [9.17, 15) is 4.79 Å². The van der Waals surface area contributed by atoms with Gasteiger partial charge in [-0.1, -0.05) is 0 Å². The van der Waals surface area contributed by atoms with Crippen molar-refractivity contribution in [1.29, 1.82) is 0 Å². The average Bonchev–Trinajstić information content (AvgIpc) is 2.65. The van der Waals surface area contributed by atoms with Crippen LogP contribution in [-0.2, 0) is 11.5 Å². The van der Waals surface area contributed by atoms with Crippen molar-refractivity contribution in [3.63, 3.8) is 0 Å². The second-order valence-corrected chi connectivity index (χ2v) is 4.70. The van der Waals surface area contributed by atoms with Gasteiger partial charge in [0.15, 0.2) is 0 Å². The van der Waals surface area contributed by atoms with Gasteiger partial charge < -0.3 is 0 Å². The molecule has 0 atom stereocenters. The lowest BCUT2D eigenvalue weighted by atomic mass is 9.94. The Hall–Kier alpha value is -1.16. The minimum Gasteiger partial charge on any atom is -0.300 e. The van der Waals surface area contributed by atoms with E-state index in [1.807, 2.05) is 17.8 Å². The van der Waals surface area contributed by atoms with Gasteiger partial charge in [0.2, 0.25) is 0 Å². The maximum atomic E-state index is 11.2. The molecule has 1 aromatic heterocycles. The Morgan fingerprint density at radius 1 is 1.50 bits per heavy atom. The van der Waals surface area contributed by atoms with Crippen LogP contribution in [0.5, 0.6) is 0 Å². The van der Waals surface area contributed by atoms with E-state index < -0.39 is 0 Å². The zero-order chi connectivity index (χ0) is 11.5. The largest absolute Gasteiger partial charge is 0.300 e. The minimum atomic E-state index is 0.288. The van der Waals surface area contributed by atoms with Gasteiger partial charge in [-0.2, -0.15) is 5.10 Å². The molecule has 0 unspecified atom stereocenters. The van der Waals surface area contributed by atoms with Crippen LogP contribution in [0.2, 0.25) is 0 Å². The van der Waals surface area contributed by atoms with Crippen LogP contribution in [0, 0.1) is 12.8 Å². The number of Topliss-reactive ketones (excluding diaryl/α,β-unsaturated/α-hetero) is 1. The molecule has 1 saturated heterocycles. The second kappa shape index (κ2) is 4.78. The van der Waals surface area contributed by atoms with Crippen LogP contribution in [0.4, 0.5) is 0 Å². The minimum absolute atomic E-state index is 0.288. The molecule has 0 radical (unpaired) electrons. The monoisotopic (exact) mass is 221 g/mol. The van der Waals surface area contributed by atoms with E-state index in [1.54, 1.807) is 6.92 Å². The number of hydrogen-bond donors (Lipinski definition) is 0. The number of aryl methyl sites for hydroxylation is 1. The topological polar surface area (TPSA) is 38.1 Å². The second-order valence-electron chi connectivity index (χ2n) is 4.70. The quantitative estimate of drug-likeness (QED) is 0.775. The molecule has 4 nitrogen and oxygen atoms in total. The van der Waals surface area contributed by atoms with Crippen LogP contribution in [0.15, 0.2) is 12.4 Å². The van der Waals surface area contributed by atoms with Crippen molar-refractivity contribution < 1.29 is 4.79 Å². The van der Waals surface area contributed by atoms with Gasteiger partial charge in [0.25, 0.3) is 0 Å². The number of nitrogens with zero attached hydrogens (tertiary/aromatic N) is 3. The standard InChI is InChI=1S/C12H19N3O/c1-10-7-13-15(8-10)9-14-5-3-12(4-6-14)11(2)16/h7-8,12H,3-6,9H2,1-2H3. The third kappa shape index (κ3) is 2.70. The summed E-state index contributed by atoms with van der Waals surface area (Å²) in [5.41, 5.74) is 1.19.